The molecule has 0 radical (unpaired) electrons. The second-order valence-electron chi connectivity index (χ2n) is 4.40. The number of nitrogens with zero attached hydrogens (tertiary/aromatic N) is 1. The maximum Gasteiger partial charge on any atom is 0.255 e. The van der Waals surface area contributed by atoms with E-state index in [1.54, 1.807) is 6.92 Å². The van der Waals surface area contributed by atoms with Gasteiger partial charge in [-0.15, -0.1) is 0 Å². The van der Waals surface area contributed by atoms with Gasteiger partial charge in [0.25, 0.3) is 5.56 Å². The number of primary amides is 1. The minimum Gasteiger partial charge on any atom is -0.370 e. The zero-order chi connectivity index (χ0) is 13.7. The number of amides is 1. The highest BCUT2D eigenvalue weighted by atomic mass is 16.1. The minimum absolute atomic E-state index is 0.102. The van der Waals surface area contributed by atoms with Gasteiger partial charge in [-0.3, -0.25) is 9.59 Å². The molecule has 0 aromatic carbocycles. The second kappa shape index (κ2) is 6.30. The van der Waals surface area contributed by atoms with E-state index in [9.17, 15) is 9.59 Å². The molecule has 4 N–H and O–H groups in total. The molecule has 0 aliphatic rings. The number of hydrogen-bond donors (Lipinski definition) is 3. The molecular weight excluding hydrogens is 232 g/mol. The van der Waals surface area contributed by atoms with Crippen LogP contribution >= 0.6 is 0 Å². The normalized spacial score (nSPS) is 12.4. The summed E-state index contributed by atoms with van der Waals surface area (Å²) in [6, 6.07) is -0.102. The van der Waals surface area contributed by atoms with Gasteiger partial charge in [-0.1, -0.05) is 0 Å². The Morgan fingerprint density at radius 1 is 1.50 bits per heavy atom. The SMILES string of the molecule is Cc1nc(C)c(C(C)NCCCC(N)=O)c(=O)[nH]1. The molecule has 18 heavy (non-hydrogen) atoms. The second-order valence-corrected chi connectivity index (χ2v) is 4.40. The topological polar surface area (TPSA) is 101 Å². The van der Waals surface area contributed by atoms with Gasteiger partial charge in [0.2, 0.25) is 5.91 Å². The number of nitrogens with two attached hydrogens (primary N) is 1. The van der Waals surface area contributed by atoms with Crippen molar-refractivity contribution in [3.63, 3.8) is 0 Å². The van der Waals surface area contributed by atoms with Crippen molar-refractivity contribution in [2.24, 2.45) is 5.73 Å². The van der Waals surface area contributed by atoms with Crippen molar-refractivity contribution in [3.8, 4) is 0 Å². The molecule has 0 fully saturated rings. The molecular formula is C12H20N4O2. The van der Waals surface area contributed by atoms with Crippen molar-refractivity contribution in [2.75, 3.05) is 6.54 Å². The molecule has 1 amide bonds. The maximum absolute atomic E-state index is 11.8. The van der Waals surface area contributed by atoms with Crippen LogP contribution in [0.1, 0.15) is 42.9 Å². The average molecular weight is 252 g/mol. The number of nitrogens with one attached hydrogen (secondary N) is 2. The molecule has 6 heteroatoms. The standard InChI is InChI=1S/C12H20N4O2/c1-7(14-6-4-5-10(13)17)11-8(2)15-9(3)16-12(11)18/h7,14H,4-6H2,1-3H3,(H2,13,17)(H,15,16,18). The molecule has 1 rings (SSSR count). The number of carbonyl (C=O) groups is 1. The molecule has 0 spiro atoms. The van der Waals surface area contributed by atoms with E-state index in [-0.39, 0.29) is 17.5 Å². The first-order chi connectivity index (χ1) is 8.41. The molecule has 1 heterocycles. The monoisotopic (exact) mass is 252 g/mol. The van der Waals surface area contributed by atoms with E-state index in [1.807, 2.05) is 13.8 Å². The molecule has 100 valence electrons. The summed E-state index contributed by atoms with van der Waals surface area (Å²) in [5, 5.41) is 3.19. The fraction of sp³-hybridized carbons (Fsp3) is 0.583. The van der Waals surface area contributed by atoms with E-state index >= 15 is 0 Å². The predicted molar refractivity (Wildman–Crippen MR) is 69.2 cm³/mol. The molecule has 1 aromatic heterocycles. The number of H-pyrrole nitrogens is 1. The van der Waals surface area contributed by atoms with Crippen molar-refractivity contribution in [1.29, 1.82) is 0 Å². The number of aromatic amines is 1. The summed E-state index contributed by atoms with van der Waals surface area (Å²) in [6.07, 6.45) is 1.01. The van der Waals surface area contributed by atoms with Crippen LogP contribution in [0.2, 0.25) is 0 Å². The van der Waals surface area contributed by atoms with Crippen LogP contribution in [-0.4, -0.2) is 22.4 Å². The first-order valence-electron chi connectivity index (χ1n) is 6.01. The Bertz CT molecular complexity index is 481. The van der Waals surface area contributed by atoms with Crippen LogP contribution in [-0.2, 0) is 4.79 Å². The third-order valence-corrected chi connectivity index (χ3v) is 2.75. The van der Waals surface area contributed by atoms with Gasteiger partial charge in [-0.2, -0.15) is 0 Å². The van der Waals surface area contributed by atoms with Gasteiger partial charge in [0.15, 0.2) is 0 Å². The number of carbonyl (C=O) groups excluding carboxylic acids is 1. The molecule has 0 bridgehead atoms. The van der Waals surface area contributed by atoms with Gasteiger partial charge in [0.05, 0.1) is 5.56 Å². The quantitative estimate of drug-likeness (QED) is 0.634. The van der Waals surface area contributed by atoms with Gasteiger partial charge in [0, 0.05) is 18.2 Å². The van der Waals surface area contributed by atoms with Crippen molar-refractivity contribution >= 4 is 5.91 Å². The highest BCUT2D eigenvalue weighted by Gasteiger charge is 2.13. The molecule has 6 nitrogen and oxygen atoms in total. The Balaban J connectivity index is 2.64. The van der Waals surface area contributed by atoms with Gasteiger partial charge in [-0.25, -0.2) is 4.98 Å². The fourth-order valence-electron chi connectivity index (χ4n) is 1.93. The number of rotatable bonds is 6. The number of aryl methyl sites for hydroxylation is 2. The van der Waals surface area contributed by atoms with Crippen molar-refractivity contribution in [1.82, 2.24) is 15.3 Å². The Morgan fingerprint density at radius 2 is 2.17 bits per heavy atom. The van der Waals surface area contributed by atoms with Gasteiger partial charge in [0.1, 0.15) is 5.82 Å². The average Bonchev–Trinajstić information content (AvgIpc) is 2.22. The lowest BCUT2D eigenvalue weighted by molar-refractivity contribution is -0.118. The smallest absolute Gasteiger partial charge is 0.255 e. The third kappa shape index (κ3) is 3.96. The van der Waals surface area contributed by atoms with Crippen molar-refractivity contribution in [3.05, 3.63) is 27.4 Å². The fourth-order valence-corrected chi connectivity index (χ4v) is 1.93. The molecule has 0 saturated heterocycles. The Kier molecular flexibility index (Phi) is 5.03. The van der Waals surface area contributed by atoms with Gasteiger partial charge < -0.3 is 16.0 Å². The number of hydrogen-bond acceptors (Lipinski definition) is 4. The summed E-state index contributed by atoms with van der Waals surface area (Å²) in [5.41, 5.74) is 6.30. The summed E-state index contributed by atoms with van der Waals surface area (Å²) >= 11 is 0. The zero-order valence-corrected chi connectivity index (χ0v) is 11.0. The lowest BCUT2D eigenvalue weighted by Gasteiger charge is -2.15. The summed E-state index contributed by atoms with van der Waals surface area (Å²) in [5.74, 6) is 0.303. The Labute approximate surface area is 106 Å². The Morgan fingerprint density at radius 3 is 2.72 bits per heavy atom. The molecule has 0 aliphatic carbocycles. The van der Waals surface area contributed by atoms with Crippen LogP contribution in [0.3, 0.4) is 0 Å². The maximum atomic E-state index is 11.8. The van der Waals surface area contributed by atoms with Crippen LogP contribution < -0.4 is 16.6 Å². The van der Waals surface area contributed by atoms with Crippen LogP contribution in [0.4, 0.5) is 0 Å². The van der Waals surface area contributed by atoms with E-state index in [0.29, 0.717) is 30.8 Å². The largest absolute Gasteiger partial charge is 0.370 e. The highest BCUT2D eigenvalue weighted by molar-refractivity contribution is 5.73. The summed E-state index contributed by atoms with van der Waals surface area (Å²) in [7, 11) is 0. The zero-order valence-electron chi connectivity index (χ0n) is 11.0. The van der Waals surface area contributed by atoms with Crippen LogP contribution in [0.25, 0.3) is 0 Å². The molecule has 0 aliphatic heterocycles. The molecule has 1 aromatic rings. The van der Waals surface area contributed by atoms with E-state index in [0.717, 1.165) is 5.69 Å². The third-order valence-electron chi connectivity index (χ3n) is 2.75. The lowest BCUT2D eigenvalue weighted by atomic mass is 10.1. The minimum atomic E-state index is -0.310. The summed E-state index contributed by atoms with van der Waals surface area (Å²) in [6.45, 7) is 6.11. The van der Waals surface area contributed by atoms with E-state index in [1.165, 1.54) is 0 Å². The van der Waals surface area contributed by atoms with E-state index in [2.05, 4.69) is 15.3 Å². The van der Waals surface area contributed by atoms with E-state index in [4.69, 9.17) is 5.73 Å². The first kappa shape index (κ1) is 14.4. The van der Waals surface area contributed by atoms with Gasteiger partial charge >= 0.3 is 0 Å². The van der Waals surface area contributed by atoms with Crippen molar-refractivity contribution < 1.29 is 4.79 Å². The van der Waals surface area contributed by atoms with Gasteiger partial charge in [-0.05, 0) is 33.7 Å². The van der Waals surface area contributed by atoms with Crippen molar-refractivity contribution in [2.45, 2.75) is 39.7 Å². The van der Waals surface area contributed by atoms with Crippen LogP contribution in [0, 0.1) is 13.8 Å². The summed E-state index contributed by atoms with van der Waals surface area (Å²) in [4.78, 5) is 29.4. The van der Waals surface area contributed by atoms with Crippen LogP contribution in [0.15, 0.2) is 4.79 Å². The Hall–Kier alpha value is -1.69. The predicted octanol–water partition coefficient (Wildman–Crippen LogP) is 0.303. The summed E-state index contributed by atoms with van der Waals surface area (Å²) < 4.78 is 0. The van der Waals surface area contributed by atoms with E-state index < -0.39 is 0 Å². The first-order valence-corrected chi connectivity index (χ1v) is 6.01. The lowest BCUT2D eigenvalue weighted by Crippen LogP contribution is -2.29. The molecule has 0 saturated carbocycles. The molecule has 1 atom stereocenters. The highest BCUT2D eigenvalue weighted by Crippen LogP contribution is 2.10. The number of aromatic nitrogens is 2. The molecule has 1 unspecified atom stereocenters. The van der Waals surface area contributed by atoms with Crippen LogP contribution in [0.5, 0.6) is 0 Å².